The summed E-state index contributed by atoms with van der Waals surface area (Å²) in [6.07, 6.45) is 4.62. The summed E-state index contributed by atoms with van der Waals surface area (Å²) < 4.78 is 7.72. The summed E-state index contributed by atoms with van der Waals surface area (Å²) in [6, 6.07) is 0. The Hall–Kier alpha value is -0.880. The van der Waals surface area contributed by atoms with Gasteiger partial charge in [-0.05, 0) is 33.1 Å². The fourth-order valence-electron chi connectivity index (χ4n) is 2.76. The SMILES string of the molecule is CC(C)(O)c1c(Cl)nc(Cl)c2ncn(C3CCCCO3)c12. The normalized spacial score (nSPS) is 20.1. The second kappa shape index (κ2) is 5.39. The third-order valence-electron chi connectivity index (χ3n) is 3.71. The number of hydrogen-bond donors (Lipinski definition) is 1. The van der Waals surface area contributed by atoms with Crippen molar-refractivity contribution in [2.45, 2.75) is 44.9 Å². The molecule has 0 saturated carbocycles. The molecule has 1 fully saturated rings. The number of pyridine rings is 1. The van der Waals surface area contributed by atoms with E-state index in [0.717, 1.165) is 25.9 Å². The van der Waals surface area contributed by atoms with E-state index in [4.69, 9.17) is 27.9 Å². The van der Waals surface area contributed by atoms with Crippen LogP contribution in [0.3, 0.4) is 0 Å². The van der Waals surface area contributed by atoms with Gasteiger partial charge in [-0.2, -0.15) is 0 Å². The Morgan fingerprint density at radius 2 is 2.10 bits per heavy atom. The molecule has 7 heteroatoms. The third-order valence-corrected chi connectivity index (χ3v) is 4.24. The van der Waals surface area contributed by atoms with Crippen LogP contribution in [0.5, 0.6) is 0 Å². The van der Waals surface area contributed by atoms with Gasteiger partial charge in [-0.1, -0.05) is 23.2 Å². The van der Waals surface area contributed by atoms with Crippen LogP contribution in [0, 0.1) is 0 Å². The van der Waals surface area contributed by atoms with Crippen molar-refractivity contribution < 1.29 is 9.84 Å². The number of rotatable bonds is 2. The number of hydrogen-bond acceptors (Lipinski definition) is 4. The predicted molar refractivity (Wildman–Crippen MR) is 81.6 cm³/mol. The Labute approximate surface area is 132 Å². The van der Waals surface area contributed by atoms with Crippen LogP contribution in [-0.4, -0.2) is 26.2 Å². The van der Waals surface area contributed by atoms with E-state index < -0.39 is 5.60 Å². The van der Waals surface area contributed by atoms with Crippen LogP contribution in [0.4, 0.5) is 0 Å². The first-order chi connectivity index (χ1) is 9.89. The van der Waals surface area contributed by atoms with Crippen molar-refractivity contribution >= 4 is 34.2 Å². The average molecular weight is 330 g/mol. The van der Waals surface area contributed by atoms with Gasteiger partial charge in [0, 0.05) is 12.2 Å². The highest BCUT2D eigenvalue weighted by Gasteiger charge is 2.30. The molecule has 1 atom stereocenters. The van der Waals surface area contributed by atoms with Crippen LogP contribution >= 0.6 is 23.2 Å². The molecular weight excluding hydrogens is 313 g/mol. The molecule has 3 rings (SSSR count). The van der Waals surface area contributed by atoms with Gasteiger partial charge < -0.3 is 14.4 Å². The zero-order valence-corrected chi connectivity index (χ0v) is 13.4. The summed E-state index contributed by atoms with van der Waals surface area (Å²) in [6.45, 7) is 4.05. The Morgan fingerprint density at radius 3 is 2.71 bits per heavy atom. The molecule has 1 aliphatic rings. The van der Waals surface area contributed by atoms with E-state index in [1.807, 2.05) is 4.57 Å². The molecule has 0 aliphatic carbocycles. The number of imidazole rings is 1. The quantitative estimate of drug-likeness (QED) is 0.854. The number of fused-ring (bicyclic) bond motifs is 1. The van der Waals surface area contributed by atoms with E-state index in [1.54, 1.807) is 20.2 Å². The summed E-state index contributed by atoms with van der Waals surface area (Å²) in [5.74, 6) is 0. The maximum atomic E-state index is 10.5. The lowest BCUT2D eigenvalue weighted by Crippen LogP contribution is -2.22. The van der Waals surface area contributed by atoms with Crippen molar-refractivity contribution in [2.75, 3.05) is 6.61 Å². The lowest BCUT2D eigenvalue weighted by atomic mass is 9.98. The number of aromatic nitrogens is 3. The Kier molecular flexibility index (Phi) is 3.86. The Morgan fingerprint density at radius 1 is 1.33 bits per heavy atom. The Bertz CT molecular complexity index is 673. The summed E-state index contributed by atoms with van der Waals surface area (Å²) in [5.41, 5.74) is 0.598. The number of ether oxygens (including phenoxy) is 1. The van der Waals surface area contributed by atoms with Crippen LogP contribution in [0.1, 0.15) is 44.9 Å². The molecule has 21 heavy (non-hydrogen) atoms. The monoisotopic (exact) mass is 329 g/mol. The second-order valence-electron chi connectivity index (χ2n) is 5.80. The molecule has 1 N–H and O–H groups in total. The maximum absolute atomic E-state index is 10.5. The molecule has 1 saturated heterocycles. The first-order valence-electron chi connectivity index (χ1n) is 6.95. The summed E-state index contributed by atoms with van der Waals surface area (Å²) >= 11 is 12.4. The molecule has 1 aliphatic heterocycles. The van der Waals surface area contributed by atoms with Gasteiger partial charge in [0.25, 0.3) is 0 Å². The van der Waals surface area contributed by atoms with Gasteiger partial charge in [0.2, 0.25) is 0 Å². The largest absolute Gasteiger partial charge is 0.386 e. The topological polar surface area (TPSA) is 60.2 Å². The molecule has 1 unspecified atom stereocenters. The van der Waals surface area contributed by atoms with Crippen LogP contribution < -0.4 is 0 Å². The van der Waals surface area contributed by atoms with Gasteiger partial charge >= 0.3 is 0 Å². The van der Waals surface area contributed by atoms with E-state index >= 15 is 0 Å². The summed E-state index contributed by atoms with van der Waals surface area (Å²) in [4.78, 5) is 8.41. The highest BCUT2D eigenvalue weighted by atomic mass is 35.5. The van der Waals surface area contributed by atoms with Gasteiger partial charge in [-0.25, -0.2) is 9.97 Å². The molecule has 3 heterocycles. The van der Waals surface area contributed by atoms with Gasteiger partial charge in [0.05, 0.1) is 17.4 Å². The van der Waals surface area contributed by atoms with Crippen LogP contribution in [0.2, 0.25) is 10.3 Å². The maximum Gasteiger partial charge on any atom is 0.158 e. The number of aliphatic hydroxyl groups is 1. The van der Waals surface area contributed by atoms with E-state index in [0.29, 0.717) is 16.6 Å². The zero-order valence-electron chi connectivity index (χ0n) is 11.9. The van der Waals surface area contributed by atoms with Crippen LogP contribution in [0.25, 0.3) is 11.0 Å². The van der Waals surface area contributed by atoms with Crippen molar-refractivity contribution in [1.29, 1.82) is 0 Å². The Balaban J connectivity index is 2.27. The van der Waals surface area contributed by atoms with Crippen molar-refractivity contribution in [3.63, 3.8) is 0 Å². The summed E-state index contributed by atoms with van der Waals surface area (Å²) in [7, 11) is 0. The predicted octanol–water partition coefficient (Wildman–Crippen LogP) is 3.66. The second-order valence-corrected chi connectivity index (χ2v) is 6.51. The van der Waals surface area contributed by atoms with Gasteiger partial charge in [-0.3, -0.25) is 0 Å². The van der Waals surface area contributed by atoms with E-state index in [2.05, 4.69) is 9.97 Å². The van der Waals surface area contributed by atoms with Gasteiger partial charge in [0.15, 0.2) is 5.15 Å². The molecule has 2 aromatic heterocycles. The number of halogens is 2. The molecule has 0 bridgehead atoms. The molecular formula is C14H17Cl2N3O2. The minimum absolute atomic E-state index is 0.112. The molecule has 0 radical (unpaired) electrons. The molecule has 0 amide bonds. The highest BCUT2D eigenvalue weighted by Crippen LogP contribution is 2.38. The van der Waals surface area contributed by atoms with Gasteiger partial charge in [0.1, 0.15) is 16.9 Å². The van der Waals surface area contributed by atoms with Crippen molar-refractivity contribution in [2.24, 2.45) is 0 Å². The molecule has 114 valence electrons. The number of nitrogens with zero attached hydrogens (tertiary/aromatic N) is 3. The van der Waals surface area contributed by atoms with Crippen molar-refractivity contribution in [3.05, 3.63) is 22.2 Å². The van der Waals surface area contributed by atoms with Crippen LogP contribution in [-0.2, 0) is 10.3 Å². The molecule has 0 aromatic carbocycles. The smallest absolute Gasteiger partial charge is 0.158 e. The molecule has 5 nitrogen and oxygen atoms in total. The van der Waals surface area contributed by atoms with E-state index in [-0.39, 0.29) is 16.5 Å². The van der Waals surface area contributed by atoms with E-state index in [1.165, 1.54) is 0 Å². The lowest BCUT2D eigenvalue weighted by Gasteiger charge is -2.27. The minimum Gasteiger partial charge on any atom is -0.386 e. The standard InChI is InChI=1S/C14H17Cl2N3O2/c1-14(2,20)9-11-10(13(16)18-12(9)15)17-7-19(11)8-5-3-4-6-21-8/h7-8,20H,3-6H2,1-2H3. The first kappa shape index (κ1) is 15.0. The van der Waals surface area contributed by atoms with Crippen molar-refractivity contribution in [3.8, 4) is 0 Å². The third kappa shape index (κ3) is 2.63. The fourth-order valence-corrected chi connectivity index (χ4v) is 3.43. The lowest BCUT2D eigenvalue weighted by molar-refractivity contribution is -0.0299. The fraction of sp³-hybridized carbons (Fsp3) is 0.571. The average Bonchev–Trinajstić information content (AvgIpc) is 2.83. The van der Waals surface area contributed by atoms with Gasteiger partial charge in [-0.15, -0.1) is 0 Å². The minimum atomic E-state index is -1.15. The summed E-state index contributed by atoms with van der Waals surface area (Å²) in [5, 5.41) is 10.9. The molecule has 0 spiro atoms. The van der Waals surface area contributed by atoms with Crippen LogP contribution in [0.15, 0.2) is 6.33 Å². The zero-order chi connectivity index (χ0) is 15.2. The highest BCUT2D eigenvalue weighted by molar-refractivity contribution is 6.36. The van der Waals surface area contributed by atoms with Crippen molar-refractivity contribution in [1.82, 2.24) is 14.5 Å². The first-order valence-corrected chi connectivity index (χ1v) is 7.71. The van der Waals surface area contributed by atoms with E-state index in [9.17, 15) is 5.11 Å². The molecule has 2 aromatic rings.